The van der Waals surface area contributed by atoms with E-state index in [4.69, 9.17) is 19.4 Å². The Bertz CT molecular complexity index is 3580. The largest absolute Gasteiger partial charge is 0.494 e. The van der Waals surface area contributed by atoms with Gasteiger partial charge in [-0.2, -0.15) is 0 Å². The predicted octanol–water partition coefficient (Wildman–Crippen LogP) is 14.9. The summed E-state index contributed by atoms with van der Waals surface area (Å²) in [4.78, 5) is 46.7. The summed E-state index contributed by atoms with van der Waals surface area (Å²) in [7, 11) is 0. The van der Waals surface area contributed by atoms with Gasteiger partial charge in [-0.3, -0.25) is 4.90 Å². The SMILES string of the molecule is CCOC(=O)C1=C(C)N(CCCCCCOc2ccc(-c3c4nc(c(-c5ccccc5)c5ccc([nH]5)c(-c5ccccc5)c5nc(c(-c6ccccc6)c6ccc3[nH]6)C=C5)C=C4)cc2)C(=O)NC1c1ccccc1. The molecule has 2 amide bonds. The third-order valence-corrected chi connectivity index (χ3v) is 13.9. The number of esters is 1. The van der Waals surface area contributed by atoms with Crippen LogP contribution >= 0.6 is 0 Å². The lowest BCUT2D eigenvalue weighted by atomic mass is 9.95. The third kappa shape index (κ3) is 9.69. The lowest BCUT2D eigenvalue weighted by Gasteiger charge is -2.35. The van der Waals surface area contributed by atoms with Crippen molar-refractivity contribution in [1.82, 2.24) is 30.2 Å². The minimum Gasteiger partial charge on any atom is -0.494 e. The van der Waals surface area contributed by atoms with Crippen LogP contribution in [0.3, 0.4) is 0 Å². The molecule has 5 aromatic carbocycles. The van der Waals surface area contributed by atoms with Crippen LogP contribution in [0.5, 0.6) is 5.75 Å². The van der Waals surface area contributed by atoms with Crippen LogP contribution in [-0.4, -0.2) is 56.6 Å². The molecule has 0 spiro atoms. The van der Waals surface area contributed by atoms with Crippen LogP contribution in [0.2, 0.25) is 0 Å². The average Bonchev–Trinajstić information content (AvgIpc) is 4.30. The minimum atomic E-state index is -0.562. The van der Waals surface area contributed by atoms with E-state index in [0.29, 0.717) is 24.4 Å². The number of urea groups is 1. The van der Waals surface area contributed by atoms with Crippen LogP contribution in [0.15, 0.2) is 181 Å². The van der Waals surface area contributed by atoms with E-state index in [9.17, 15) is 9.59 Å². The van der Waals surface area contributed by atoms with Gasteiger partial charge in [0.2, 0.25) is 0 Å². The van der Waals surface area contributed by atoms with Gasteiger partial charge in [0.1, 0.15) is 5.75 Å². The number of rotatable bonds is 15. The second kappa shape index (κ2) is 21.4. The molecule has 1 unspecified atom stereocenters. The fourth-order valence-electron chi connectivity index (χ4n) is 10.3. The Balaban J connectivity index is 0.889. The van der Waals surface area contributed by atoms with Crippen molar-refractivity contribution in [3.05, 3.63) is 209 Å². The number of nitrogens with one attached hydrogen (secondary N) is 3. The second-order valence-corrected chi connectivity index (χ2v) is 18.6. The molecule has 3 N–H and O–H groups in total. The summed E-state index contributed by atoms with van der Waals surface area (Å²) in [5, 5.41) is 3.05. The molecule has 0 saturated carbocycles. The Labute approximate surface area is 430 Å². The van der Waals surface area contributed by atoms with Gasteiger partial charge in [-0.25, -0.2) is 19.6 Å². The summed E-state index contributed by atoms with van der Waals surface area (Å²) in [6.45, 7) is 4.93. The first-order chi connectivity index (χ1) is 36.4. The molecular weight excluding hydrogens is 917 g/mol. The molecule has 10 heteroatoms. The molecule has 0 saturated heterocycles. The van der Waals surface area contributed by atoms with E-state index in [0.717, 1.165) is 126 Å². The smallest absolute Gasteiger partial charge is 0.338 e. The first-order valence-corrected chi connectivity index (χ1v) is 25.5. The zero-order valence-corrected chi connectivity index (χ0v) is 41.5. The average molecular weight is 973 g/mol. The topological polar surface area (TPSA) is 125 Å². The number of fused-ring (bicyclic) bond motifs is 8. The minimum absolute atomic E-state index is 0.214. The number of carbonyl (C=O) groups is 2. The van der Waals surface area contributed by atoms with Gasteiger partial charge in [0.15, 0.2) is 0 Å². The summed E-state index contributed by atoms with van der Waals surface area (Å²) >= 11 is 0. The van der Waals surface area contributed by atoms with E-state index >= 15 is 0 Å². The molecule has 3 aromatic heterocycles. The number of aromatic amines is 2. The van der Waals surface area contributed by atoms with Gasteiger partial charge in [-0.15, -0.1) is 0 Å². The maximum Gasteiger partial charge on any atom is 0.338 e. The van der Waals surface area contributed by atoms with E-state index in [1.807, 2.05) is 67.6 Å². The van der Waals surface area contributed by atoms with E-state index < -0.39 is 12.0 Å². The zero-order chi connectivity index (χ0) is 50.4. The molecule has 6 heterocycles. The van der Waals surface area contributed by atoms with Crippen molar-refractivity contribution in [2.75, 3.05) is 19.8 Å². The summed E-state index contributed by atoms with van der Waals surface area (Å²) in [5.74, 6) is 0.368. The van der Waals surface area contributed by atoms with Crippen LogP contribution < -0.4 is 10.1 Å². The molecule has 10 nitrogen and oxygen atoms in total. The second-order valence-electron chi connectivity index (χ2n) is 18.6. The number of aromatic nitrogens is 4. The Morgan fingerprint density at radius 2 is 0.946 bits per heavy atom. The number of ether oxygens (including phenoxy) is 2. The fourth-order valence-corrected chi connectivity index (χ4v) is 10.3. The van der Waals surface area contributed by atoms with Crippen LogP contribution in [0.4, 0.5) is 4.79 Å². The number of nitrogens with zero attached hydrogens (tertiary/aromatic N) is 3. The number of hydrogen-bond donors (Lipinski definition) is 3. The van der Waals surface area contributed by atoms with Gasteiger partial charge >= 0.3 is 12.0 Å². The molecule has 0 radical (unpaired) electrons. The normalized spacial score (nSPS) is 14.1. The molecule has 0 fully saturated rings. The first-order valence-electron chi connectivity index (χ1n) is 25.5. The number of benzene rings is 5. The van der Waals surface area contributed by atoms with Crippen molar-refractivity contribution in [1.29, 1.82) is 0 Å². The highest BCUT2D eigenvalue weighted by Gasteiger charge is 2.36. The Morgan fingerprint density at radius 1 is 0.527 bits per heavy atom. The summed E-state index contributed by atoms with van der Waals surface area (Å²) in [5.41, 5.74) is 17.3. The highest BCUT2D eigenvalue weighted by atomic mass is 16.5. The van der Waals surface area contributed by atoms with Gasteiger partial charge in [0.05, 0.1) is 47.6 Å². The lowest BCUT2D eigenvalue weighted by Crippen LogP contribution is -2.48. The highest BCUT2D eigenvalue weighted by molar-refractivity contribution is 6.00. The van der Waals surface area contributed by atoms with Crippen LogP contribution in [0, 0.1) is 0 Å². The number of amides is 2. The Kier molecular flexibility index (Phi) is 13.7. The number of carbonyl (C=O) groups excluding carboxylic acids is 2. The molecule has 3 aliphatic heterocycles. The number of H-pyrrole nitrogens is 2. The summed E-state index contributed by atoms with van der Waals surface area (Å²) in [6, 6.07) is 57.0. The summed E-state index contributed by atoms with van der Waals surface area (Å²) < 4.78 is 11.8. The van der Waals surface area contributed by atoms with Crippen molar-refractivity contribution in [3.63, 3.8) is 0 Å². The maximum atomic E-state index is 13.4. The molecule has 8 aromatic rings. The van der Waals surface area contributed by atoms with Gasteiger partial charge in [0, 0.05) is 56.6 Å². The first kappa shape index (κ1) is 47.3. The van der Waals surface area contributed by atoms with Gasteiger partial charge in [-0.05, 0) is 115 Å². The summed E-state index contributed by atoms with van der Waals surface area (Å²) in [6.07, 6.45) is 11.9. The number of allylic oxidation sites excluding steroid dienone is 1. The van der Waals surface area contributed by atoms with Gasteiger partial charge < -0.3 is 24.8 Å². The fraction of sp³-hybridized carbons (Fsp3) is 0.156. The van der Waals surface area contributed by atoms with Crippen LogP contribution in [-0.2, 0) is 9.53 Å². The van der Waals surface area contributed by atoms with Gasteiger partial charge in [-0.1, -0.05) is 146 Å². The molecule has 0 aliphatic carbocycles. The molecule has 3 aliphatic rings. The quantitative estimate of drug-likeness (QED) is 0.0694. The van der Waals surface area contributed by atoms with Crippen molar-refractivity contribution in [3.8, 4) is 50.3 Å². The lowest BCUT2D eigenvalue weighted by molar-refractivity contribution is -0.139. The molecule has 8 bridgehead atoms. The van der Waals surface area contributed by atoms with Crippen molar-refractivity contribution < 1.29 is 19.1 Å². The van der Waals surface area contributed by atoms with Crippen molar-refractivity contribution in [2.24, 2.45) is 0 Å². The third-order valence-electron chi connectivity index (χ3n) is 13.9. The van der Waals surface area contributed by atoms with Crippen molar-refractivity contribution >= 4 is 58.4 Å². The van der Waals surface area contributed by atoms with E-state index in [1.165, 1.54) is 0 Å². The monoisotopic (exact) mass is 972 g/mol. The standard InChI is InChI=1S/C64H56N6O4/c1-3-73-63(71)57-42(2)70(64(72)69-62(57)47-26-16-9-17-27-47)40-18-4-5-19-41-74-48-30-28-46(29-31-48)61-55-38-36-53(67-55)59(44-22-12-7-13-23-44)51-34-32-49(65-51)58(43-20-10-6-11-21-43)50-33-35-52(66-50)60(45-24-14-8-15-25-45)54-37-39-56(61)68-54/h6-17,20-39,62,65,68H,3-5,18-19,40-41H2,1-2H3,(H,69,72). The Morgan fingerprint density at radius 3 is 1.39 bits per heavy atom. The van der Waals surface area contributed by atoms with E-state index in [-0.39, 0.29) is 12.6 Å². The number of hydrogen-bond acceptors (Lipinski definition) is 6. The molecule has 74 heavy (non-hydrogen) atoms. The zero-order valence-electron chi connectivity index (χ0n) is 41.5. The molecule has 1 atom stereocenters. The van der Waals surface area contributed by atoms with Crippen LogP contribution in [0.25, 0.3) is 90.9 Å². The van der Waals surface area contributed by atoms with Crippen LogP contribution in [0.1, 0.15) is 73.9 Å². The molecule has 11 rings (SSSR count). The van der Waals surface area contributed by atoms with E-state index in [2.05, 4.69) is 149 Å². The molecular formula is C64H56N6O4. The highest BCUT2D eigenvalue weighted by Crippen LogP contribution is 2.39. The van der Waals surface area contributed by atoms with E-state index in [1.54, 1.807) is 11.8 Å². The Hall–Kier alpha value is -9.02. The number of unbranched alkanes of at least 4 members (excludes halogenated alkanes) is 3. The maximum absolute atomic E-state index is 13.4. The predicted molar refractivity (Wildman–Crippen MR) is 298 cm³/mol. The van der Waals surface area contributed by atoms with Gasteiger partial charge in [0.25, 0.3) is 0 Å². The molecule has 366 valence electrons. The van der Waals surface area contributed by atoms with Crippen molar-refractivity contribution in [2.45, 2.75) is 45.6 Å².